The molecule has 0 bridgehead atoms. The van der Waals surface area contributed by atoms with Crippen LogP contribution in [-0.2, 0) is 14.8 Å². The van der Waals surface area contributed by atoms with Gasteiger partial charge in [0.2, 0.25) is 5.78 Å². The number of rotatable bonds is 9. The first-order valence-electron chi connectivity index (χ1n) is 10.4. The first-order chi connectivity index (χ1) is 16.1. The number of aryl methyl sites for hydroxylation is 1. The van der Waals surface area contributed by atoms with Crippen LogP contribution in [0.4, 0.5) is 5.69 Å². The molecule has 0 fully saturated rings. The number of esters is 1. The summed E-state index contributed by atoms with van der Waals surface area (Å²) in [5, 5.41) is 0.00826. The van der Waals surface area contributed by atoms with Crippen LogP contribution >= 0.6 is 11.6 Å². The van der Waals surface area contributed by atoms with Crippen LogP contribution in [0.2, 0.25) is 5.02 Å². The fourth-order valence-corrected chi connectivity index (χ4v) is 4.89. The van der Waals surface area contributed by atoms with Crippen molar-refractivity contribution in [3.8, 4) is 0 Å². The Kier molecular flexibility index (Phi) is 7.91. The SMILES string of the molecule is C=CCN(c1ccccc1)S(=O)(=O)c1ccc(Cl)c(C(=O)O[C@H](C)C(=O)c2ccc(C)cc2)c1. The molecule has 0 N–H and O–H groups in total. The fourth-order valence-electron chi connectivity index (χ4n) is 3.23. The monoisotopic (exact) mass is 497 g/mol. The first kappa shape index (κ1) is 25.2. The lowest BCUT2D eigenvalue weighted by Crippen LogP contribution is -2.31. The second-order valence-electron chi connectivity index (χ2n) is 7.58. The van der Waals surface area contributed by atoms with Gasteiger partial charge in [-0.3, -0.25) is 9.10 Å². The molecule has 6 nitrogen and oxygen atoms in total. The molecule has 176 valence electrons. The van der Waals surface area contributed by atoms with Gasteiger partial charge < -0.3 is 4.74 Å². The number of hydrogen-bond donors (Lipinski definition) is 0. The molecule has 0 aromatic heterocycles. The number of hydrogen-bond acceptors (Lipinski definition) is 5. The van der Waals surface area contributed by atoms with E-state index in [-0.39, 0.29) is 27.8 Å². The van der Waals surface area contributed by atoms with E-state index in [2.05, 4.69) is 6.58 Å². The number of benzene rings is 3. The predicted molar refractivity (Wildman–Crippen MR) is 133 cm³/mol. The van der Waals surface area contributed by atoms with Crippen LogP contribution in [0.3, 0.4) is 0 Å². The van der Waals surface area contributed by atoms with Gasteiger partial charge in [-0.05, 0) is 44.2 Å². The Morgan fingerprint density at radius 2 is 1.71 bits per heavy atom. The van der Waals surface area contributed by atoms with Crippen molar-refractivity contribution in [2.75, 3.05) is 10.8 Å². The number of ketones is 1. The zero-order chi connectivity index (χ0) is 24.9. The summed E-state index contributed by atoms with van der Waals surface area (Å²) in [5.74, 6) is -1.28. The third kappa shape index (κ3) is 5.55. The van der Waals surface area contributed by atoms with Crippen LogP contribution in [0.15, 0.2) is 90.3 Å². The van der Waals surface area contributed by atoms with Crippen molar-refractivity contribution in [1.29, 1.82) is 0 Å². The van der Waals surface area contributed by atoms with Gasteiger partial charge in [0, 0.05) is 5.56 Å². The zero-order valence-corrected chi connectivity index (χ0v) is 20.3. The molecule has 0 aliphatic carbocycles. The minimum Gasteiger partial charge on any atom is -0.451 e. The maximum atomic E-state index is 13.4. The van der Waals surface area contributed by atoms with Crippen molar-refractivity contribution < 1.29 is 22.7 Å². The predicted octanol–water partition coefficient (Wildman–Crippen LogP) is 5.46. The Balaban J connectivity index is 1.88. The summed E-state index contributed by atoms with van der Waals surface area (Å²) in [7, 11) is -4.05. The van der Waals surface area contributed by atoms with Gasteiger partial charge in [0.05, 0.1) is 27.7 Å². The van der Waals surface area contributed by atoms with Crippen LogP contribution in [0.25, 0.3) is 0 Å². The molecule has 0 heterocycles. The van der Waals surface area contributed by atoms with Crippen LogP contribution in [-0.4, -0.2) is 32.8 Å². The molecule has 0 saturated carbocycles. The molecule has 0 spiro atoms. The largest absolute Gasteiger partial charge is 0.451 e. The van der Waals surface area contributed by atoms with Crippen molar-refractivity contribution in [2.24, 2.45) is 0 Å². The molecular weight excluding hydrogens is 474 g/mol. The Hall–Kier alpha value is -3.42. The Morgan fingerprint density at radius 3 is 2.32 bits per heavy atom. The van der Waals surface area contributed by atoms with E-state index in [1.54, 1.807) is 54.6 Å². The Bertz CT molecular complexity index is 1300. The average Bonchev–Trinajstić information content (AvgIpc) is 2.83. The maximum Gasteiger partial charge on any atom is 0.340 e. The minimum absolute atomic E-state index is 0.00826. The van der Waals surface area contributed by atoms with Gasteiger partial charge in [0.1, 0.15) is 0 Å². The summed E-state index contributed by atoms with van der Waals surface area (Å²) in [5.41, 5.74) is 1.68. The summed E-state index contributed by atoms with van der Waals surface area (Å²) in [6.45, 7) is 7.02. The van der Waals surface area contributed by atoms with Crippen LogP contribution in [0.5, 0.6) is 0 Å². The number of carbonyl (C=O) groups excluding carboxylic acids is 2. The highest BCUT2D eigenvalue weighted by Crippen LogP contribution is 2.27. The van der Waals surface area contributed by atoms with Crippen LogP contribution < -0.4 is 4.31 Å². The highest BCUT2D eigenvalue weighted by Gasteiger charge is 2.27. The molecule has 1 atom stereocenters. The first-order valence-corrected chi connectivity index (χ1v) is 12.3. The number of sulfonamides is 1. The number of nitrogens with zero attached hydrogens (tertiary/aromatic N) is 1. The number of halogens is 1. The molecule has 0 unspecified atom stereocenters. The second kappa shape index (κ2) is 10.7. The van der Waals surface area contributed by atoms with Gasteiger partial charge in [-0.15, -0.1) is 6.58 Å². The van der Waals surface area contributed by atoms with Crippen molar-refractivity contribution in [1.82, 2.24) is 0 Å². The minimum atomic E-state index is -4.05. The maximum absolute atomic E-state index is 13.4. The molecule has 0 aliphatic heterocycles. The lowest BCUT2D eigenvalue weighted by Gasteiger charge is -2.23. The van der Waals surface area contributed by atoms with Gasteiger partial charge in [-0.25, -0.2) is 13.2 Å². The van der Waals surface area contributed by atoms with E-state index in [9.17, 15) is 18.0 Å². The third-order valence-corrected chi connectivity index (χ3v) is 7.19. The van der Waals surface area contributed by atoms with Gasteiger partial charge in [-0.2, -0.15) is 0 Å². The summed E-state index contributed by atoms with van der Waals surface area (Å²) >= 11 is 6.19. The van der Waals surface area contributed by atoms with Gasteiger partial charge in [-0.1, -0.05) is 65.7 Å². The Morgan fingerprint density at radius 1 is 1.06 bits per heavy atom. The Labute approximate surface area is 204 Å². The highest BCUT2D eigenvalue weighted by atomic mass is 35.5. The van der Waals surface area contributed by atoms with Gasteiger partial charge in [0.25, 0.3) is 10.0 Å². The standard InChI is InChI=1S/C26H24ClNO5S/c1-4-16-28(21-8-6-5-7-9-21)34(31,32)22-14-15-24(27)23(17-22)26(30)33-19(3)25(29)20-12-10-18(2)11-13-20/h4-15,17,19H,1,16H2,2-3H3/t19-/m1/s1. The van der Waals surface area contributed by atoms with E-state index in [1.807, 2.05) is 6.92 Å². The number of anilines is 1. The number of ether oxygens (including phenoxy) is 1. The summed E-state index contributed by atoms with van der Waals surface area (Å²) < 4.78 is 33.3. The molecule has 8 heteroatoms. The molecule has 3 aromatic rings. The molecule has 0 radical (unpaired) electrons. The number of Topliss-reactive ketones (excluding diaryl/α,β-unsaturated/α-hetero) is 1. The van der Waals surface area contributed by atoms with E-state index in [0.29, 0.717) is 11.3 Å². The third-order valence-electron chi connectivity index (χ3n) is 5.07. The summed E-state index contributed by atoms with van der Waals surface area (Å²) in [6, 6.07) is 19.2. The van der Waals surface area contributed by atoms with Crippen molar-refractivity contribution in [2.45, 2.75) is 24.8 Å². The van der Waals surface area contributed by atoms with Crippen LogP contribution in [0, 0.1) is 6.92 Å². The lowest BCUT2D eigenvalue weighted by molar-refractivity contribution is 0.0318. The molecule has 3 aromatic carbocycles. The van der Waals surface area contributed by atoms with E-state index < -0.39 is 22.1 Å². The highest BCUT2D eigenvalue weighted by molar-refractivity contribution is 7.92. The lowest BCUT2D eigenvalue weighted by atomic mass is 10.1. The molecule has 0 amide bonds. The average molecular weight is 498 g/mol. The van der Waals surface area contributed by atoms with Gasteiger partial charge in [0.15, 0.2) is 6.10 Å². The van der Waals surface area contributed by atoms with Crippen molar-refractivity contribution >= 4 is 39.1 Å². The summed E-state index contributed by atoms with van der Waals surface area (Å²) in [6.07, 6.45) is 0.377. The topological polar surface area (TPSA) is 80.8 Å². The molecule has 0 aliphatic rings. The van der Waals surface area contributed by atoms with Crippen LogP contribution in [0.1, 0.15) is 33.2 Å². The molecule has 0 saturated heterocycles. The van der Waals surface area contributed by atoms with E-state index in [0.717, 1.165) is 11.6 Å². The molecular formula is C26H24ClNO5S. The van der Waals surface area contributed by atoms with E-state index >= 15 is 0 Å². The van der Waals surface area contributed by atoms with Crippen molar-refractivity contribution in [3.05, 3.63) is 107 Å². The molecule has 3 rings (SSSR count). The van der Waals surface area contributed by atoms with E-state index in [4.69, 9.17) is 16.3 Å². The smallest absolute Gasteiger partial charge is 0.340 e. The normalized spacial score (nSPS) is 12.0. The number of para-hydroxylation sites is 1. The van der Waals surface area contributed by atoms with E-state index in [1.165, 1.54) is 29.4 Å². The fraction of sp³-hybridized carbons (Fsp3) is 0.154. The number of carbonyl (C=O) groups is 2. The zero-order valence-electron chi connectivity index (χ0n) is 18.8. The van der Waals surface area contributed by atoms with Gasteiger partial charge >= 0.3 is 5.97 Å². The van der Waals surface area contributed by atoms with Crippen molar-refractivity contribution in [3.63, 3.8) is 0 Å². The quantitative estimate of drug-likeness (QED) is 0.223. The molecule has 34 heavy (non-hydrogen) atoms. The summed E-state index contributed by atoms with van der Waals surface area (Å²) in [4.78, 5) is 25.3. The second-order valence-corrected chi connectivity index (χ2v) is 9.85.